The van der Waals surface area contributed by atoms with E-state index in [1.807, 2.05) is 36.4 Å². The third-order valence-corrected chi connectivity index (χ3v) is 5.47. The largest absolute Gasteiger partial charge is 0.488 e. The molecule has 0 aromatic heterocycles. The maximum atomic E-state index is 14.1. The molecule has 0 aliphatic carbocycles. The number of hydrogen-bond acceptors (Lipinski definition) is 3. The van der Waals surface area contributed by atoms with Crippen molar-refractivity contribution in [3.63, 3.8) is 0 Å². The highest BCUT2D eigenvalue weighted by Crippen LogP contribution is 2.32. The first-order valence-electron chi connectivity index (χ1n) is 10.4. The van der Waals surface area contributed by atoms with Crippen LogP contribution in [0.3, 0.4) is 0 Å². The number of carbonyl (C=O) groups is 2. The first-order valence-corrected chi connectivity index (χ1v) is 10.4. The highest BCUT2D eigenvalue weighted by molar-refractivity contribution is 6.32. The molecule has 1 heterocycles. The van der Waals surface area contributed by atoms with Crippen molar-refractivity contribution >= 4 is 34.4 Å². The van der Waals surface area contributed by atoms with E-state index in [9.17, 15) is 14.0 Å². The molecule has 1 aliphatic heterocycles. The molecule has 1 saturated heterocycles. The minimum absolute atomic E-state index is 0.00838. The number of ether oxygens (including phenoxy) is 1. The van der Waals surface area contributed by atoms with Crippen molar-refractivity contribution in [1.29, 1.82) is 0 Å². The number of halogens is 1. The van der Waals surface area contributed by atoms with Crippen LogP contribution in [0.2, 0.25) is 0 Å². The van der Waals surface area contributed by atoms with Gasteiger partial charge in [-0.2, -0.15) is 0 Å². The van der Waals surface area contributed by atoms with Crippen molar-refractivity contribution in [1.82, 2.24) is 5.43 Å². The predicted molar refractivity (Wildman–Crippen MR) is 125 cm³/mol. The van der Waals surface area contributed by atoms with E-state index >= 15 is 0 Å². The fraction of sp³-hybridized carbons (Fsp3) is 0.0370. The van der Waals surface area contributed by atoms with Crippen molar-refractivity contribution in [2.24, 2.45) is 0 Å². The average molecular weight is 438 g/mol. The molecule has 4 aromatic rings. The minimum Gasteiger partial charge on any atom is -0.488 e. The molecular formula is C27H19FN2O3. The van der Waals surface area contributed by atoms with E-state index in [4.69, 9.17) is 4.74 Å². The number of fused-ring (bicyclic) bond motifs is 1. The number of anilines is 1. The van der Waals surface area contributed by atoms with Crippen LogP contribution < -0.4 is 15.2 Å². The van der Waals surface area contributed by atoms with Gasteiger partial charge in [-0.15, -0.1) is 0 Å². The molecule has 5 nitrogen and oxygen atoms in total. The summed E-state index contributed by atoms with van der Waals surface area (Å²) in [7, 11) is 0. The maximum Gasteiger partial charge on any atom is 0.282 e. The van der Waals surface area contributed by atoms with Gasteiger partial charge in [0.1, 0.15) is 23.7 Å². The Bertz CT molecular complexity index is 1400. The van der Waals surface area contributed by atoms with Crippen LogP contribution in [-0.4, -0.2) is 11.8 Å². The average Bonchev–Trinajstić information content (AvgIpc) is 3.13. The van der Waals surface area contributed by atoms with Crippen molar-refractivity contribution in [3.05, 3.63) is 114 Å². The number of benzene rings is 4. The number of amides is 2. The first kappa shape index (κ1) is 20.5. The molecule has 6 heteroatoms. The van der Waals surface area contributed by atoms with Gasteiger partial charge in [-0.1, -0.05) is 66.7 Å². The SMILES string of the molecule is O=C1NN(c2ccccc2)C(=O)/C1=C\c1c(OCc2ccccc2F)ccc2ccccc12. The lowest BCUT2D eigenvalue weighted by Crippen LogP contribution is -2.35. The van der Waals surface area contributed by atoms with Crippen LogP contribution in [0.15, 0.2) is 96.6 Å². The number of rotatable bonds is 5. The van der Waals surface area contributed by atoms with Crippen molar-refractivity contribution in [2.75, 3.05) is 5.01 Å². The third-order valence-electron chi connectivity index (χ3n) is 5.47. The van der Waals surface area contributed by atoms with Gasteiger partial charge in [-0.05, 0) is 41.1 Å². The second kappa shape index (κ2) is 8.59. The van der Waals surface area contributed by atoms with Gasteiger partial charge in [0.05, 0.1) is 5.69 Å². The molecule has 1 aliphatic rings. The van der Waals surface area contributed by atoms with Crippen molar-refractivity contribution < 1.29 is 18.7 Å². The zero-order chi connectivity index (χ0) is 22.8. The van der Waals surface area contributed by atoms with Crippen LogP contribution in [0.1, 0.15) is 11.1 Å². The summed E-state index contributed by atoms with van der Waals surface area (Å²) >= 11 is 0. The van der Waals surface area contributed by atoms with Gasteiger partial charge in [0.2, 0.25) is 0 Å². The Kier molecular flexibility index (Phi) is 5.32. The van der Waals surface area contributed by atoms with Gasteiger partial charge in [0, 0.05) is 11.1 Å². The van der Waals surface area contributed by atoms with Gasteiger partial charge in [-0.3, -0.25) is 15.0 Å². The quantitative estimate of drug-likeness (QED) is 0.352. The number of hydrazine groups is 1. The lowest BCUT2D eigenvalue weighted by atomic mass is 10.0. The molecule has 162 valence electrons. The molecule has 5 rings (SSSR count). The van der Waals surface area contributed by atoms with Gasteiger partial charge in [-0.25, -0.2) is 9.40 Å². The van der Waals surface area contributed by atoms with E-state index in [1.54, 1.807) is 54.6 Å². The lowest BCUT2D eigenvalue weighted by molar-refractivity contribution is -0.117. The zero-order valence-corrected chi connectivity index (χ0v) is 17.5. The Morgan fingerprint density at radius 3 is 2.39 bits per heavy atom. The third kappa shape index (κ3) is 3.94. The van der Waals surface area contributed by atoms with Crippen LogP contribution in [-0.2, 0) is 16.2 Å². The number of nitrogens with one attached hydrogen (secondary N) is 1. The second-order valence-electron chi connectivity index (χ2n) is 7.55. The van der Waals surface area contributed by atoms with E-state index in [1.165, 1.54) is 11.1 Å². The van der Waals surface area contributed by atoms with Crippen molar-refractivity contribution in [3.8, 4) is 5.75 Å². The molecule has 1 fully saturated rings. The van der Waals surface area contributed by atoms with E-state index in [-0.39, 0.29) is 18.0 Å². The van der Waals surface area contributed by atoms with Gasteiger partial charge >= 0.3 is 0 Å². The molecule has 4 aromatic carbocycles. The standard InChI is InChI=1S/C27H19FN2O3/c28-24-13-7-5-9-19(24)17-33-25-15-14-18-8-4-6-12-21(18)22(25)16-23-26(31)29-30(27(23)32)20-10-2-1-3-11-20/h1-16H,17H2,(H,29,31)/b23-16-. The summed E-state index contributed by atoms with van der Waals surface area (Å²) in [5, 5.41) is 2.96. The maximum absolute atomic E-state index is 14.1. The lowest BCUT2D eigenvalue weighted by Gasteiger charge is -2.14. The van der Waals surface area contributed by atoms with E-state index in [0.717, 1.165) is 10.8 Å². The van der Waals surface area contributed by atoms with Crippen molar-refractivity contribution in [2.45, 2.75) is 6.61 Å². The molecule has 0 atom stereocenters. The zero-order valence-electron chi connectivity index (χ0n) is 17.5. The summed E-state index contributed by atoms with van der Waals surface area (Å²) in [5.74, 6) is -0.874. The van der Waals surface area contributed by atoms with Gasteiger partial charge in [0.15, 0.2) is 0 Å². The molecule has 0 spiro atoms. The predicted octanol–water partition coefficient (Wildman–Crippen LogP) is 5.02. The minimum atomic E-state index is -0.503. The molecule has 0 radical (unpaired) electrons. The summed E-state index contributed by atoms with van der Waals surface area (Å²) in [6.07, 6.45) is 1.54. The van der Waals surface area contributed by atoms with E-state index < -0.39 is 11.8 Å². The molecule has 2 amide bonds. The van der Waals surface area contributed by atoms with Crippen LogP contribution in [0.5, 0.6) is 5.75 Å². The smallest absolute Gasteiger partial charge is 0.282 e. The Balaban J connectivity index is 1.56. The van der Waals surface area contributed by atoms with E-state index in [2.05, 4.69) is 5.43 Å². The molecule has 0 saturated carbocycles. The van der Waals surface area contributed by atoms with Crippen LogP contribution in [0.4, 0.5) is 10.1 Å². The number of hydrogen-bond donors (Lipinski definition) is 1. The Labute approximate surface area is 189 Å². The Morgan fingerprint density at radius 1 is 0.848 bits per heavy atom. The van der Waals surface area contributed by atoms with Crippen LogP contribution in [0.25, 0.3) is 16.8 Å². The molecule has 0 bridgehead atoms. The highest BCUT2D eigenvalue weighted by Gasteiger charge is 2.34. The van der Waals surface area contributed by atoms with E-state index in [0.29, 0.717) is 22.6 Å². The molecular weight excluding hydrogens is 419 g/mol. The topological polar surface area (TPSA) is 58.6 Å². The summed E-state index contributed by atoms with van der Waals surface area (Å²) in [6.45, 7) is 0.0114. The summed E-state index contributed by atoms with van der Waals surface area (Å²) in [6, 6.07) is 26.5. The molecule has 0 unspecified atom stereocenters. The highest BCUT2D eigenvalue weighted by atomic mass is 19.1. The normalized spacial score (nSPS) is 14.7. The Morgan fingerprint density at radius 2 is 1.58 bits per heavy atom. The summed E-state index contributed by atoms with van der Waals surface area (Å²) in [5.41, 5.74) is 4.16. The number of para-hydroxylation sites is 1. The van der Waals surface area contributed by atoms with Crippen LogP contribution in [0, 0.1) is 5.82 Å². The second-order valence-corrected chi connectivity index (χ2v) is 7.55. The fourth-order valence-electron chi connectivity index (χ4n) is 3.78. The first-order chi connectivity index (χ1) is 16.1. The Hall–Kier alpha value is -4.45. The number of nitrogens with zero attached hydrogens (tertiary/aromatic N) is 1. The van der Waals surface area contributed by atoms with Crippen LogP contribution >= 0.6 is 0 Å². The fourth-order valence-corrected chi connectivity index (χ4v) is 3.78. The summed E-state index contributed by atoms with van der Waals surface area (Å²) < 4.78 is 20.0. The van der Waals surface area contributed by atoms with Gasteiger partial charge < -0.3 is 4.74 Å². The summed E-state index contributed by atoms with van der Waals surface area (Å²) in [4.78, 5) is 25.8. The molecule has 1 N–H and O–H groups in total. The van der Waals surface area contributed by atoms with Gasteiger partial charge in [0.25, 0.3) is 11.8 Å². The molecule has 33 heavy (non-hydrogen) atoms. The number of carbonyl (C=O) groups excluding carboxylic acids is 2. The monoisotopic (exact) mass is 438 g/mol.